The number of benzene rings is 1. The SMILES string of the molecule is O=C(CCCCBr)Nc1ccc(N2CCCC2=O)c(Cl)c1. The Labute approximate surface area is 138 Å². The monoisotopic (exact) mass is 372 g/mol. The third kappa shape index (κ3) is 4.45. The van der Waals surface area contributed by atoms with Gasteiger partial charge in [0.05, 0.1) is 10.7 Å². The van der Waals surface area contributed by atoms with Crippen molar-refractivity contribution in [3.63, 3.8) is 0 Å². The van der Waals surface area contributed by atoms with Crippen LogP contribution in [0.3, 0.4) is 0 Å². The summed E-state index contributed by atoms with van der Waals surface area (Å²) in [6.07, 6.45) is 3.76. The van der Waals surface area contributed by atoms with Crippen molar-refractivity contribution in [2.45, 2.75) is 32.1 Å². The van der Waals surface area contributed by atoms with Crippen LogP contribution in [-0.2, 0) is 9.59 Å². The largest absolute Gasteiger partial charge is 0.326 e. The fourth-order valence-electron chi connectivity index (χ4n) is 2.31. The molecule has 0 atom stereocenters. The van der Waals surface area contributed by atoms with Gasteiger partial charge in [-0.2, -0.15) is 0 Å². The van der Waals surface area contributed by atoms with Crippen molar-refractivity contribution >= 4 is 50.7 Å². The molecule has 2 rings (SSSR count). The molecule has 1 aliphatic rings. The lowest BCUT2D eigenvalue weighted by Gasteiger charge is -2.18. The fourth-order valence-corrected chi connectivity index (χ4v) is 2.99. The number of rotatable bonds is 6. The zero-order chi connectivity index (χ0) is 15.2. The van der Waals surface area contributed by atoms with Crippen molar-refractivity contribution in [1.29, 1.82) is 0 Å². The molecule has 21 heavy (non-hydrogen) atoms. The minimum atomic E-state index is -0.0167. The van der Waals surface area contributed by atoms with Gasteiger partial charge in [0, 0.05) is 30.4 Å². The molecule has 1 heterocycles. The van der Waals surface area contributed by atoms with Crippen molar-refractivity contribution in [2.24, 2.45) is 0 Å². The van der Waals surface area contributed by atoms with E-state index >= 15 is 0 Å². The summed E-state index contributed by atoms with van der Waals surface area (Å²) in [5, 5.41) is 4.23. The van der Waals surface area contributed by atoms with Gasteiger partial charge < -0.3 is 10.2 Å². The Hall–Kier alpha value is -1.07. The molecule has 0 radical (unpaired) electrons. The number of carbonyl (C=O) groups is 2. The number of alkyl halides is 1. The first-order valence-corrected chi connectivity index (χ1v) is 8.57. The molecule has 1 aliphatic heterocycles. The van der Waals surface area contributed by atoms with E-state index in [0.717, 1.165) is 30.3 Å². The van der Waals surface area contributed by atoms with E-state index in [2.05, 4.69) is 21.2 Å². The zero-order valence-corrected chi connectivity index (χ0v) is 14.0. The molecule has 0 saturated carbocycles. The molecule has 0 aliphatic carbocycles. The molecule has 0 spiro atoms. The van der Waals surface area contributed by atoms with Crippen molar-refractivity contribution in [3.8, 4) is 0 Å². The van der Waals surface area contributed by atoms with Gasteiger partial charge in [-0.15, -0.1) is 0 Å². The van der Waals surface area contributed by atoms with Crippen LogP contribution in [0.1, 0.15) is 32.1 Å². The van der Waals surface area contributed by atoms with Crippen LogP contribution in [0.5, 0.6) is 0 Å². The van der Waals surface area contributed by atoms with E-state index in [1.807, 2.05) is 0 Å². The Morgan fingerprint density at radius 3 is 2.81 bits per heavy atom. The van der Waals surface area contributed by atoms with Crippen LogP contribution < -0.4 is 10.2 Å². The van der Waals surface area contributed by atoms with Gasteiger partial charge in [0.2, 0.25) is 11.8 Å². The summed E-state index contributed by atoms with van der Waals surface area (Å²) in [7, 11) is 0. The van der Waals surface area contributed by atoms with Gasteiger partial charge in [-0.25, -0.2) is 0 Å². The van der Waals surface area contributed by atoms with Gasteiger partial charge in [-0.1, -0.05) is 27.5 Å². The number of hydrogen-bond acceptors (Lipinski definition) is 2. The van der Waals surface area contributed by atoms with E-state index < -0.39 is 0 Å². The summed E-state index contributed by atoms with van der Waals surface area (Å²) in [5.41, 5.74) is 1.38. The zero-order valence-electron chi connectivity index (χ0n) is 11.7. The minimum Gasteiger partial charge on any atom is -0.326 e. The highest BCUT2D eigenvalue weighted by atomic mass is 79.9. The number of halogens is 2. The van der Waals surface area contributed by atoms with Crippen LogP contribution in [0, 0.1) is 0 Å². The lowest BCUT2D eigenvalue weighted by molar-refractivity contribution is -0.117. The third-order valence-corrected chi connectivity index (χ3v) is 4.25. The number of nitrogens with zero attached hydrogens (tertiary/aromatic N) is 1. The van der Waals surface area contributed by atoms with Crippen molar-refractivity contribution in [3.05, 3.63) is 23.2 Å². The standard InChI is InChI=1S/C15H18BrClN2O2/c16-8-2-1-4-14(20)18-11-6-7-13(12(17)10-11)19-9-3-5-15(19)21/h6-7,10H,1-5,8-9H2,(H,18,20). The van der Waals surface area contributed by atoms with Gasteiger partial charge in [0.25, 0.3) is 0 Å². The minimum absolute atomic E-state index is 0.0167. The molecule has 1 aromatic rings. The smallest absolute Gasteiger partial charge is 0.227 e. The molecular formula is C15H18BrClN2O2. The molecule has 1 saturated heterocycles. The number of hydrogen-bond donors (Lipinski definition) is 1. The Kier molecular flexibility index (Phi) is 6.06. The molecular weight excluding hydrogens is 356 g/mol. The van der Waals surface area contributed by atoms with Crippen LogP contribution in [0.2, 0.25) is 5.02 Å². The molecule has 0 unspecified atom stereocenters. The second kappa shape index (κ2) is 7.80. The Morgan fingerprint density at radius 2 is 2.19 bits per heavy atom. The summed E-state index contributed by atoms with van der Waals surface area (Å²) >= 11 is 9.57. The first-order valence-electron chi connectivity index (χ1n) is 7.07. The Bertz CT molecular complexity index is 536. The summed E-state index contributed by atoms with van der Waals surface area (Å²) in [5.74, 6) is 0.0838. The average molecular weight is 374 g/mol. The first-order chi connectivity index (χ1) is 10.1. The number of carbonyl (C=O) groups excluding carboxylic acids is 2. The van der Waals surface area contributed by atoms with E-state index in [1.54, 1.807) is 23.1 Å². The van der Waals surface area contributed by atoms with Crippen LogP contribution in [0.4, 0.5) is 11.4 Å². The van der Waals surface area contributed by atoms with Crippen molar-refractivity contribution in [1.82, 2.24) is 0 Å². The Balaban J connectivity index is 1.98. The predicted octanol–water partition coefficient (Wildman–Crippen LogP) is 3.97. The van der Waals surface area contributed by atoms with Gasteiger partial charge in [0.15, 0.2) is 0 Å². The van der Waals surface area contributed by atoms with Crippen LogP contribution >= 0.6 is 27.5 Å². The van der Waals surface area contributed by atoms with E-state index in [4.69, 9.17) is 11.6 Å². The molecule has 1 fully saturated rings. The lowest BCUT2D eigenvalue weighted by atomic mass is 10.2. The highest BCUT2D eigenvalue weighted by Gasteiger charge is 2.23. The quantitative estimate of drug-likeness (QED) is 0.606. The van der Waals surface area contributed by atoms with Crippen LogP contribution in [0.25, 0.3) is 0 Å². The summed E-state index contributed by atoms with van der Waals surface area (Å²) in [4.78, 5) is 25.2. The van der Waals surface area contributed by atoms with E-state index in [1.165, 1.54) is 0 Å². The molecule has 0 aromatic heterocycles. The van der Waals surface area contributed by atoms with E-state index in [9.17, 15) is 9.59 Å². The number of amides is 2. The molecule has 6 heteroatoms. The summed E-state index contributed by atoms with van der Waals surface area (Å²) < 4.78 is 0. The molecule has 114 valence electrons. The number of nitrogens with one attached hydrogen (secondary N) is 1. The highest BCUT2D eigenvalue weighted by Crippen LogP contribution is 2.31. The second-order valence-electron chi connectivity index (χ2n) is 5.01. The number of anilines is 2. The maximum atomic E-state index is 11.8. The van der Waals surface area contributed by atoms with Gasteiger partial charge in [0.1, 0.15) is 0 Å². The Morgan fingerprint density at radius 1 is 1.38 bits per heavy atom. The van der Waals surface area contributed by atoms with Gasteiger partial charge in [-0.3, -0.25) is 9.59 Å². The van der Waals surface area contributed by atoms with Gasteiger partial charge in [-0.05, 0) is 37.5 Å². The van der Waals surface area contributed by atoms with Crippen LogP contribution in [0.15, 0.2) is 18.2 Å². The second-order valence-corrected chi connectivity index (χ2v) is 6.21. The molecule has 1 N–H and O–H groups in total. The lowest BCUT2D eigenvalue weighted by Crippen LogP contribution is -2.24. The predicted molar refractivity (Wildman–Crippen MR) is 89.3 cm³/mol. The summed E-state index contributed by atoms with van der Waals surface area (Å²) in [6.45, 7) is 0.705. The molecule has 4 nitrogen and oxygen atoms in total. The summed E-state index contributed by atoms with van der Waals surface area (Å²) in [6, 6.07) is 5.28. The van der Waals surface area contributed by atoms with E-state index in [-0.39, 0.29) is 11.8 Å². The third-order valence-electron chi connectivity index (χ3n) is 3.38. The van der Waals surface area contributed by atoms with Crippen molar-refractivity contribution in [2.75, 3.05) is 22.1 Å². The number of unbranched alkanes of at least 4 members (excludes halogenated alkanes) is 1. The normalized spacial score (nSPS) is 14.6. The topological polar surface area (TPSA) is 49.4 Å². The van der Waals surface area contributed by atoms with Crippen molar-refractivity contribution < 1.29 is 9.59 Å². The van der Waals surface area contributed by atoms with E-state index in [0.29, 0.717) is 30.1 Å². The average Bonchev–Trinajstić information content (AvgIpc) is 2.85. The highest BCUT2D eigenvalue weighted by molar-refractivity contribution is 9.09. The van der Waals surface area contributed by atoms with Crippen LogP contribution in [-0.4, -0.2) is 23.7 Å². The van der Waals surface area contributed by atoms with Gasteiger partial charge >= 0.3 is 0 Å². The molecule has 1 aromatic carbocycles. The molecule has 2 amide bonds. The maximum Gasteiger partial charge on any atom is 0.227 e. The first kappa shape index (κ1) is 16.3. The maximum absolute atomic E-state index is 11.8. The molecule has 0 bridgehead atoms. The fraction of sp³-hybridized carbons (Fsp3) is 0.467.